The fraction of sp³-hybridized carbons (Fsp3) is 1.00. The quantitative estimate of drug-likeness (QED) is 0.826. The molecule has 1 heterocycles. The molecule has 2 unspecified atom stereocenters. The van der Waals surface area contributed by atoms with E-state index in [1.54, 1.807) is 7.11 Å². The third-order valence-corrected chi connectivity index (χ3v) is 3.86. The first kappa shape index (κ1) is 14.9. The Labute approximate surface area is 105 Å². The van der Waals surface area contributed by atoms with E-state index in [1.165, 1.54) is 0 Å². The van der Waals surface area contributed by atoms with Gasteiger partial charge in [-0.15, -0.1) is 0 Å². The van der Waals surface area contributed by atoms with Crippen molar-refractivity contribution in [2.45, 2.75) is 77.3 Å². The Bertz CT molecular complexity index is 269. The van der Waals surface area contributed by atoms with E-state index < -0.39 is 0 Å². The number of methoxy groups -OCH3 is 1. The molecule has 0 aliphatic carbocycles. The molecule has 0 saturated carbocycles. The predicted octanol–water partition coefficient (Wildman–Crippen LogP) is 2.76. The van der Waals surface area contributed by atoms with Crippen LogP contribution in [0.4, 0.5) is 0 Å². The summed E-state index contributed by atoms with van der Waals surface area (Å²) in [7, 11) is 1.69. The number of rotatable bonds is 4. The summed E-state index contributed by atoms with van der Waals surface area (Å²) in [6.07, 6.45) is 1.14. The molecule has 0 spiro atoms. The van der Waals surface area contributed by atoms with Gasteiger partial charge in [-0.25, -0.2) is 0 Å². The van der Waals surface area contributed by atoms with E-state index in [4.69, 9.17) is 9.47 Å². The van der Waals surface area contributed by atoms with Gasteiger partial charge in [0, 0.05) is 19.4 Å². The van der Waals surface area contributed by atoms with Gasteiger partial charge in [-0.1, -0.05) is 0 Å². The van der Waals surface area contributed by atoms with E-state index in [-0.39, 0.29) is 28.8 Å². The van der Waals surface area contributed by atoms with E-state index in [0.29, 0.717) is 6.42 Å². The van der Waals surface area contributed by atoms with Crippen molar-refractivity contribution in [1.82, 2.24) is 0 Å². The highest BCUT2D eigenvalue weighted by atomic mass is 16.5. The molecule has 0 bridgehead atoms. The molecule has 17 heavy (non-hydrogen) atoms. The second kappa shape index (κ2) is 4.52. The second-order valence-electron chi connectivity index (χ2n) is 7.01. The van der Waals surface area contributed by atoms with Crippen LogP contribution in [0.15, 0.2) is 0 Å². The zero-order chi connectivity index (χ0) is 13.5. The van der Waals surface area contributed by atoms with Crippen LogP contribution in [0.2, 0.25) is 0 Å². The van der Waals surface area contributed by atoms with Gasteiger partial charge in [0.25, 0.3) is 0 Å². The summed E-state index contributed by atoms with van der Waals surface area (Å²) in [4.78, 5) is 0. The molecular formula is C14H28O3. The molecule has 1 aliphatic heterocycles. The summed E-state index contributed by atoms with van der Waals surface area (Å²) in [5, 5.41) is 10.4. The van der Waals surface area contributed by atoms with Crippen LogP contribution < -0.4 is 0 Å². The van der Waals surface area contributed by atoms with Gasteiger partial charge in [0.1, 0.15) is 0 Å². The van der Waals surface area contributed by atoms with Crippen molar-refractivity contribution < 1.29 is 14.6 Å². The summed E-state index contributed by atoms with van der Waals surface area (Å²) < 4.78 is 11.4. The predicted molar refractivity (Wildman–Crippen MR) is 69.1 cm³/mol. The minimum atomic E-state index is -0.387. The maximum atomic E-state index is 10.4. The Hall–Kier alpha value is -0.120. The number of aliphatic hydroxyl groups excluding tert-OH is 1. The number of hydrogen-bond donors (Lipinski definition) is 1. The zero-order valence-corrected chi connectivity index (χ0v) is 12.3. The Morgan fingerprint density at radius 2 is 1.88 bits per heavy atom. The van der Waals surface area contributed by atoms with Crippen LogP contribution in [-0.2, 0) is 9.47 Å². The van der Waals surface area contributed by atoms with Gasteiger partial charge in [-0.3, -0.25) is 0 Å². The lowest BCUT2D eigenvalue weighted by Crippen LogP contribution is -2.40. The first-order valence-corrected chi connectivity index (χ1v) is 6.42. The van der Waals surface area contributed by atoms with E-state index in [2.05, 4.69) is 27.7 Å². The molecule has 0 aromatic rings. The van der Waals surface area contributed by atoms with Crippen molar-refractivity contribution in [3.63, 3.8) is 0 Å². The first-order chi connectivity index (χ1) is 7.49. The third-order valence-electron chi connectivity index (χ3n) is 3.86. The molecule has 0 aromatic carbocycles. The lowest BCUT2D eigenvalue weighted by molar-refractivity contribution is -0.0979. The van der Waals surface area contributed by atoms with Gasteiger partial charge in [-0.2, -0.15) is 0 Å². The van der Waals surface area contributed by atoms with Gasteiger partial charge in [0.2, 0.25) is 0 Å². The molecule has 2 atom stereocenters. The fourth-order valence-corrected chi connectivity index (χ4v) is 2.93. The minimum Gasteiger partial charge on any atom is -0.393 e. The summed E-state index contributed by atoms with van der Waals surface area (Å²) >= 11 is 0. The van der Waals surface area contributed by atoms with Crippen LogP contribution in [0.5, 0.6) is 0 Å². The molecule has 0 radical (unpaired) electrons. The second-order valence-corrected chi connectivity index (χ2v) is 7.01. The van der Waals surface area contributed by atoms with E-state index in [1.807, 2.05) is 13.8 Å². The SMILES string of the molecule is COC(C)(C)CC(O)C1CC(C)(C)OC1(C)C. The van der Waals surface area contributed by atoms with Gasteiger partial charge >= 0.3 is 0 Å². The Morgan fingerprint density at radius 3 is 2.24 bits per heavy atom. The molecule has 3 heteroatoms. The smallest absolute Gasteiger partial charge is 0.0687 e. The first-order valence-electron chi connectivity index (χ1n) is 6.42. The summed E-state index contributed by atoms with van der Waals surface area (Å²) in [5.41, 5.74) is -0.707. The Balaban J connectivity index is 2.73. The maximum absolute atomic E-state index is 10.4. The zero-order valence-electron chi connectivity index (χ0n) is 12.3. The van der Waals surface area contributed by atoms with Crippen LogP contribution in [0, 0.1) is 5.92 Å². The van der Waals surface area contributed by atoms with E-state index >= 15 is 0 Å². The summed E-state index contributed by atoms with van der Waals surface area (Å²) in [5.74, 6) is 0.159. The molecule has 3 nitrogen and oxygen atoms in total. The highest BCUT2D eigenvalue weighted by Crippen LogP contribution is 2.44. The number of ether oxygens (including phenoxy) is 2. The van der Waals surface area contributed by atoms with Crippen LogP contribution in [-0.4, -0.2) is 35.1 Å². The lowest BCUT2D eigenvalue weighted by atomic mass is 9.79. The average molecular weight is 244 g/mol. The highest BCUT2D eigenvalue weighted by molar-refractivity contribution is 4.98. The molecule has 102 valence electrons. The van der Waals surface area contributed by atoms with Gasteiger partial charge in [-0.05, 0) is 48.0 Å². The topological polar surface area (TPSA) is 38.7 Å². The molecule has 1 rings (SSSR count). The Morgan fingerprint density at radius 1 is 1.35 bits per heavy atom. The summed E-state index contributed by atoms with van der Waals surface area (Å²) in [6, 6.07) is 0. The molecule has 1 fully saturated rings. The molecule has 1 N–H and O–H groups in total. The van der Waals surface area contributed by atoms with Crippen molar-refractivity contribution in [2.24, 2.45) is 5.92 Å². The number of aliphatic hydroxyl groups is 1. The van der Waals surface area contributed by atoms with Crippen molar-refractivity contribution >= 4 is 0 Å². The number of hydrogen-bond acceptors (Lipinski definition) is 3. The average Bonchev–Trinajstić information content (AvgIpc) is 2.33. The largest absolute Gasteiger partial charge is 0.393 e. The van der Waals surface area contributed by atoms with Crippen molar-refractivity contribution in [3.05, 3.63) is 0 Å². The molecule has 0 aromatic heterocycles. The van der Waals surface area contributed by atoms with Crippen LogP contribution in [0.1, 0.15) is 54.4 Å². The van der Waals surface area contributed by atoms with Crippen molar-refractivity contribution in [3.8, 4) is 0 Å². The third kappa shape index (κ3) is 3.67. The van der Waals surface area contributed by atoms with Gasteiger partial charge in [0.15, 0.2) is 0 Å². The lowest BCUT2D eigenvalue weighted by Gasteiger charge is -2.34. The normalized spacial score (nSPS) is 29.3. The minimum absolute atomic E-state index is 0.146. The van der Waals surface area contributed by atoms with Gasteiger partial charge in [0.05, 0.1) is 22.9 Å². The molecule has 1 aliphatic rings. The molecular weight excluding hydrogens is 216 g/mol. The summed E-state index contributed by atoms with van der Waals surface area (Å²) in [6.45, 7) is 12.3. The highest BCUT2D eigenvalue weighted by Gasteiger charge is 2.49. The van der Waals surface area contributed by atoms with Crippen LogP contribution >= 0.6 is 0 Å². The maximum Gasteiger partial charge on any atom is 0.0687 e. The van der Waals surface area contributed by atoms with Gasteiger partial charge < -0.3 is 14.6 Å². The van der Waals surface area contributed by atoms with Crippen LogP contribution in [0.3, 0.4) is 0 Å². The van der Waals surface area contributed by atoms with E-state index in [9.17, 15) is 5.11 Å². The molecule has 1 saturated heterocycles. The Kier molecular flexibility index (Phi) is 3.98. The van der Waals surface area contributed by atoms with Crippen molar-refractivity contribution in [1.29, 1.82) is 0 Å². The van der Waals surface area contributed by atoms with E-state index in [0.717, 1.165) is 6.42 Å². The standard InChI is InChI=1S/C14H28O3/c1-12(2,16-7)9-11(15)10-8-13(3,4)17-14(10,5)6/h10-11,15H,8-9H2,1-7H3. The fourth-order valence-electron chi connectivity index (χ4n) is 2.93. The van der Waals surface area contributed by atoms with Crippen molar-refractivity contribution in [2.75, 3.05) is 7.11 Å². The monoisotopic (exact) mass is 244 g/mol. The molecule has 0 amide bonds. The van der Waals surface area contributed by atoms with Crippen LogP contribution in [0.25, 0.3) is 0 Å².